The van der Waals surface area contributed by atoms with Crippen LogP contribution in [0.2, 0.25) is 0 Å². The summed E-state index contributed by atoms with van der Waals surface area (Å²) in [7, 11) is 0. The minimum Gasteiger partial charge on any atom is -0.298 e. The Balaban J connectivity index is 3.09. The number of hydrogen-bond acceptors (Lipinski definition) is 2. The fourth-order valence-electron chi connectivity index (χ4n) is 1.08. The SMILES string of the molecule is CCc1cc(C=O)cc(SC)c1. The zero-order chi connectivity index (χ0) is 8.97. The number of thioether (sulfide) groups is 1. The first-order chi connectivity index (χ1) is 5.80. The Hall–Kier alpha value is -0.760. The molecule has 0 heterocycles. The fraction of sp³-hybridized carbons (Fsp3) is 0.300. The van der Waals surface area contributed by atoms with Crippen molar-refractivity contribution >= 4 is 18.0 Å². The van der Waals surface area contributed by atoms with E-state index in [9.17, 15) is 4.79 Å². The summed E-state index contributed by atoms with van der Waals surface area (Å²) in [5.74, 6) is 0. The van der Waals surface area contributed by atoms with Crippen LogP contribution in [-0.2, 0) is 6.42 Å². The Morgan fingerprint density at radius 1 is 1.42 bits per heavy atom. The van der Waals surface area contributed by atoms with Crippen LogP contribution >= 0.6 is 11.8 Å². The third kappa shape index (κ3) is 2.11. The highest BCUT2D eigenvalue weighted by atomic mass is 32.2. The molecule has 0 unspecified atom stereocenters. The van der Waals surface area contributed by atoms with Crippen LogP contribution in [-0.4, -0.2) is 12.5 Å². The largest absolute Gasteiger partial charge is 0.298 e. The molecule has 0 bridgehead atoms. The molecule has 0 spiro atoms. The third-order valence-corrected chi connectivity index (χ3v) is 2.48. The lowest BCUT2D eigenvalue weighted by Gasteiger charge is -2.01. The maximum absolute atomic E-state index is 10.5. The molecule has 12 heavy (non-hydrogen) atoms. The van der Waals surface area contributed by atoms with Gasteiger partial charge in [0.1, 0.15) is 6.29 Å². The van der Waals surface area contributed by atoms with E-state index in [1.165, 1.54) is 5.56 Å². The summed E-state index contributed by atoms with van der Waals surface area (Å²) >= 11 is 1.67. The van der Waals surface area contributed by atoms with Crippen molar-refractivity contribution in [3.63, 3.8) is 0 Å². The van der Waals surface area contributed by atoms with Gasteiger partial charge in [0.05, 0.1) is 0 Å². The second kappa shape index (κ2) is 4.31. The quantitative estimate of drug-likeness (QED) is 0.525. The summed E-state index contributed by atoms with van der Waals surface area (Å²) in [5.41, 5.74) is 2.00. The van der Waals surface area contributed by atoms with E-state index in [4.69, 9.17) is 0 Å². The highest BCUT2D eigenvalue weighted by Crippen LogP contribution is 2.18. The Bertz CT molecular complexity index is 259. The Kier molecular flexibility index (Phi) is 3.35. The average Bonchev–Trinajstić information content (AvgIpc) is 2.16. The molecule has 0 N–H and O–H groups in total. The van der Waals surface area contributed by atoms with Crippen molar-refractivity contribution in [1.82, 2.24) is 0 Å². The monoisotopic (exact) mass is 180 g/mol. The van der Waals surface area contributed by atoms with Gasteiger partial charge in [-0.1, -0.05) is 6.92 Å². The van der Waals surface area contributed by atoms with Crippen LogP contribution in [0.5, 0.6) is 0 Å². The molecule has 1 aromatic rings. The van der Waals surface area contributed by atoms with Gasteiger partial charge in [-0.05, 0) is 36.4 Å². The van der Waals surface area contributed by atoms with Crippen molar-refractivity contribution in [2.45, 2.75) is 18.2 Å². The summed E-state index contributed by atoms with van der Waals surface area (Å²) in [6.07, 6.45) is 3.90. The molecule has 1 nitrogen and oxygen atoms in total. The Labute approximate surface area is 77.2 Å². The standard InChI is InChI=1S/C10H12OS/c1-3-8-4-9(7-11)6-10(5-8)12-2/h4-7H,3H2,1-2H3. The van der Waals surface area contributed by atoms with E-state index in [1.807, 2.05) is 18.4 Å². The molecule has 0 saturated carbocycles. The van der Waals surface area contributed by atoms with Crippen LogP contribution in [0.15, 0.2) is 23.1 Å². The zero-order valence-corrected chi connectivity index (χ0v) is 8.15. The number of benzene rings is 1. The highest BCUT2D eigenvalue weighted by molar-refractivity contribution is 7.98. The van der Waals surface area contributed by atoms with Gasteiger partial charge in [-0.25, -0.2) is 0 Å². The van der Waals surface area contributed by atoms with E-state index in [-0.39, 0.29) is 0 Å². The van der Waals surface area contributed by atoms with Crippen LogP contribution in [0.1, 0.15) is 22.8 Å². The molecule has 0 aliphatic heterocycles. The molecule has 0 fully saturated rings. The predicted molar refractivity (Wildman–Crippen MR) is 53.0 cm³/mol. The molecule has 0 aromatic heterocycles. The van der Waals surface area contributed by atoms with E-state index < -0.39 is 0 Å². The second-order valence-corrected chi connectivity index (χ2v) is 3.47. The maximum atomic E-state index is 10.5. The van der Waals surface area contributed by atoms with E-state index in [1.54, 1.807) is 11.8 Å². The lowest BCUT2D eigenvalue weighted by molar-refractivity contribution is 0.112. The van der Waals surface area contributed by atoms with Crippen LogP contribution in [0, 0.1) is 0 Å². The zero-order valence-electron chi connectivity index (χ0n) is 7.33. The number of hydrogen-bond donors (Lipinski definition) is 0. The van der Waals surface area contributed by atoms with Gasteiger partial charge in [-0.2, -0.15) is 0 Å². The number of rotatable bonds is 3. The lowest BCUT2D eigenvalue weighted by Crippen LogP contribution is -1.86. The van der Waals surface area contributed by atoms with Crippen molar-refractivity contribution in [2.75, 3.05) is 6.26 Å². The van der Waals surface area contributed by atoms with Gasteiger partial charge in [-0.15, -0.1) is 11.8 Å². The molecular weight excluding hydrogens is 168 g/mol. The first-order valence-electron chi connectivity index (χ1n) is 3.93. The number of aldehydes is 1. The van der Waals surface area contributed by atoms with Crippen molar-refractivity contribution in [3.05, 3.63) is 29.3 Å². The summed E-state index contributed by atoms with van der Waals surface area (Å²) in [6, 6.07) is 5.97. The van der Waals surface area contributed by atoms with Crippen LogP contribution in [0.4, 0.5) is 0 Å². The molecule has 0 amide bonds. The first-order valence-corrected chi connectivity index (χ1v) is 5.15. The summed E-state index contributed by atoms with van der Waals surface area (Å²) < 4.78 is 0. The molecule has 0 saturated heterocycles. The van der Waals surface area contributed by atoms with Gasteiger partial charge >= 0.3 is 0 Å². The number of carbonyl (C=O) groups excluding carboxylic acids is 1. The van der Waals surface area contributed by atoms with E-state index in [0.717, 1.165) is 23.2 Å². The molecule has 64 valence electrons. The summed E-state index contributed by atoms with van der Waals surface area (Å²) in [6.45, 7) is 2.09. The minimum atomic E-state index is 0.777. The molecule has 0 radical (unpaired) electrons. The second-order valence-electron chi connectivity index (χ2n) is 2.59. The Morgan fingerprint density at radius 3 is 2.67 bits per heavy atom. The lowest BCUT2D eigenvalue weighted by atomic mass is 10.1. The predicted octanol–water partition coefficient (Wildman–Crippen LogP) is 2.78. The molecule has 1 rings (SSSR count). The maximum Gasteiger partial charge on any atom is 0.150 e. The van der Waals surface area contributed by atoms with Gasteiger partial charge in [-0.3, -0.25) is 4.79 Å². The van der Waals surface area contributed by atoms with Crippen LogP contribution in [0.25, 0.3) is 0 Å². The number of carbonyl (C=O) groups is 1. The molecule has 0 atom stereocenters. The van der Waals surface area contributed by atoms with Crippen molar-refractivity contribution in [2.24, 2.45) is 0 Å². The molecule has 1 aromatic carbocycles. The average molecular weight is 180 g/mol. The molecule has 2 heteroatoms. The van der Waals surface area contributed by atoms with E-state index in [0.29, 0.717) is 0 Å². The van der Waals surface area contributed by atoms with E-state index >= 15 is 0 Å². The molecule has 0 aliphatic carbocycles. The fourth-order valence-corrected chi connectivity index (χ4v) is 1.60. The van der Waals surface area contributed by atoms with Crippen molar-refractivity contribution < 1.29 is 4.79 Å². The van der Waals surface area contributed by atoms with Crippen molar-refractivity contribution in [1.29, 1.82) is 0 Å². The van der Waals surface area contributed by atoms with Crippen molar-refractivity contribution in [3.8, 4) is 0 Å². The Morgan fingerprint density at radius 2 is 2.17 bits per heavy atom. The number of aryl methyl sites for hydroxylation is 1. The molecule has 0 aliphatic rings. The van der Waals surface area contributed by atoms with Crippen LogP contribution < -0.4 is 0 Å². The van der Waals surface area contributed by atoms with Crippen LogP contribution in [0.3, 0.4) is 0 Å². The van der Waals surface area contributed by atoms with Gasteiger partial charge in [0.15, 0.2) is 0 Å². The highest BCUT2D eigenvalue weighted by Gasteiger charge is 1.97. The smallest absolute Gasteiger partial charge is 0.150 e. The van der Waals surface area contributed by atoms with Gasteiger partial charge in [0, 0.05) is 10.5 Å². The third-order valence-electron chi connectivity index (χ3n) is 1.77. The van der Waals surface area contributed by atoms with Gasteiger partial charge in [0.2, 0.25) is 0 Å². The minimum absolute atomic E-state index is 0.777. The topological polar surface area (TPSA) is 17.1 Å². The van der Waals surface area contributed by atoms with E-state index in [2.05, 4.69) is 13.0 Å². The van der Waals surface area contributed by atoms with Gasteiger partial charge in [0.25, 0.3) is 0 Å². The summed E-state index contributed by atoms with van der Waals surface area (Å²) in [4.78, 5) is 11.7. The first kappa shape index (κ1) is 9.33. The summed E-state index contributed by atoms with van der Waals surface area (Å²) in [5, 5.41) is 0. The normalized spacial score (nSPS) is 9.83. The van der Waals surface area contributed by atoms with Gasteiger partial charge < -0.3 is 0 Å². The molecular formula is C10H12OS.